The van der Waals surface area contributed by atoms with Gasteiger partial charge in [-0.15, -0.1) is 0 Å². The number of oxazole rings is 2. The van der Waals surface area contributed by atoms with E-state index in [1.54, 1.807) is 0 Å². The molecule has 3 aromatic heterocycles. The molecule has 222 valence electrons. The third kappa shape index (κ3) is 4.96. The van der Waals surface area contributed by atoms with E-state index in [-0.39, 0.29) is 0 Å². The number of hydrogen-bond donors (Lipinski definition) is 0. The van der Waals surface area contributed by atoms with Crippen LogP contribution in [-0.2, 0) is 0 Å². The first-order chi connectivity index (χ1) is 23.2. The van der Waals surface area contributed by atoms with Crippen LogP contribution in [-0.4, -0.2) is 19.9 Å². The predicted octanol–water partition coefficient (Wildman–Crippen LogP) is 10.4. The van der Waals surface area contributed by atoms with Gasteiger partial charge in [-0.25, -0.2) is 15.0 Å². The minimum atomic E-state index is 0.591. The molecule has 9 aromatic rings. The number of para-hydroxylation sites is 6. The Hall–Kier alpha value is -6.60. The third-order valence-electron chi connectivity index (χ3n) is 8.20. The van der Waals surface area contributed by atoms with E-state index in [9.17, 15) is 0 Å². The van der Waals surface area contributed by atoms with Crippen molar-refractivity contribution in [1.82, 2.24) is 19.9 Å². The van der Waals surface area contributed by atoms with E-state index in [0.29, 0.717) is 11.8 Å². The van der Waals surface area contributed by atoms with Crippen LogP contribution >= 0.6 is 0 Å². The van der Waals surface area contributed by atoms with Crippen molar-refractivity contribution in [1.29, 1.82) is 0 Å². The molecule has 0 amide bonds. The van der Waals surface area contributed by atoms with Gasteiger partial charge in [-0.3, -0.25) is 4.98 Å². The lowest BCUT2D eigenvalue weighted by atomic mass is 10.1. The molecule has 0 atom stereocenters. The number of aromatic nitrogens is 4. The molecule has 9 rings (SSSR count). The van der Waals surface area contributed by atoms with Crippen LogP contribution in [0, 0.1) is 0 Å². The van der Waals surface area contributed by atoms with Gasteiger partial charge in [-0.2, -0.15) is 0 Å². The van der Waals surface area contributed by atoms with E-state index in [1.165, 1.54) is 0 Å². The van der Waals surface area contributed by atoms with Gasteiger partial charge < -0.3 is 13.7 Å². The van der Waals surface area contributed by atoms with E-state index in [0.717, 1.165) is 72.7 Å². The molecule has 7 nitrogen and oxygen atoms in total. The standard InChI is InChI=1S/C40H25N5O2/c1-2-8-33-32(7-1)41-25-36(42-33)26-13-19-29(20-14-26)45(30-21-15-27(16-22-30)39-43-34-9-3-5-11-37(34)46-39)31-23-17-28(18-24-31)40-44-35-10-4-6-12-38(35)47-40/h1-25H. The smallest absolute Gasteiger partial charge is 0.227 e. The first-order valence-electron chi connectivity index (χ1n) is 15.3. The Morgan fingerprint density at radius 1 is 0.383 bits per heavy atom. The van der Waals surface area contributed by atoms with Crippen molar-refractivity contribution in [2.75, 3.05) is 4.90 Å². The summed E-state index contributed by atoms with van der Waals surface area (Å²) < 4.78 is 12.1. The molecule has 0 saturated heterocycles. The van der Waals surface area contributed by atoms with Gasteiger partial charge in [0.25, 0.3) is 0 Å². The molecule has 0 fully saturated rings. The highest BCUT2D eigenvalue weighted by Crippen LogP contribution is 2.38. The molecule has 0 spiro atoms. The molecule has 3 heterocycles. The zero-order valence-electron chi connectivity index (χ0n) is 25.0. The van der Waals surface area contributed by atoms with Crippen LogP contribution in [0.2, 0.25) is 0 Å². The van der Waals surface area contributed by atoms with E-state index >= 15 is 0 Å². The molecule has 47 heavy (non-hydrogen) atoms. The number of benzene rings is 6. The number of nitrogens with zero attached hydrogens (tertiary/aromatic N) is 5. The molecule has 0 aliphatic heterocycles. The highest BCUT2D eigenvalue weighted by Gasteiger charge is 2.16. The van der Waals surface area contributed by atoms with Crippen molar-refractivity contribution in [2.24, 2.45) is 0 Å². The molecule has 0 bridgehead atoms. The number of fused-ring (bicyclic) bond motifs is 3. The molecule has 0 N–H and O–H groups in total. The van der Waals surface area contributed by atoms with Crippen LogP contribution in [0.1, 0.15) is 0 Å². The summed E-state index contributed by atoms with van der Waals surface area (Å²) in [5, 5.41) is 0. The SMILES string of the molecule is c1ccc2nc(-c3ccc(N(c4ccc(-c5nc6ccccc6o5)cc4)c4ccc(-c5nc6ccccc6o5)cc4)cc3)cnc2c1. The average Bonchev–Trinajstić information content (AvgIpc) is 3.78. The lowest BCUT2D eigenvalue weighted by Gasteiger charge is -2.26. The number of rotatable bonds is 6. The van der Waals surface area contributed by atoms with E-state index in [4.69, 9.17) is 13.8 Å². The minimum absolute atomic E-state index is 0.591. The quantitative estimate of drug-likeness (QED) is 0.186. The largest absolute Gasteiger partial charge is 0.436 e. The first kappa shape index (κ1) is 26.8. The highest BCUT2D eigenvalue weighted by atomic mass is 16.4. The van der Waals surface area contributed by atoms with Crippen molar-refractivity contribution in [3.8, 4) is 34.2 Å². The second-order valence-electron chi connectivity index (χ2n) is 11.2. The van der Waals surface area contributed by atoms with E-state index < -0.39 is 0 Å². The maximum absolute atomic E-state index is 6.03. The summed E-state index contributed by atoms with van der Waals surface area (Å²) in [6.07, 6.45) is 1.82. The summed E-state index contributed by atoms with van der Waals surface area (Å²) in [4.78, 5) is 21.0. The summed E-state index contributed by atoms with van der Waals surface area (Å²) in [6.45, 7) is 0. The summed E-state index contributed by atoms with van der Waals surface area (Å²) in [5.74, 6) is 1.18. The van der Waals surface area contributed by atoms with Gasteiger partial charge in [0.2, 0.25) is 11.8 Å². The van der Waals surface area contributed by atoms with Gasteiger partial charge in [0.1, 0.15) is 11.0 Å². The van der Waals surface area contributed by atoms with Gasteiger partial charge in [0.05, 0.1) is 22.9 Å². The molecule has 6 aromatic carbocycles. The Bertz CT molecular complexity index is 2330. The number of hydrogen-bond acceptors (Lipinski definition) is 7. The van der Waals surface area contributed by atoms with Crippen LogP contribution in [0.3, 0.4) is 0 Å². The van der Waals surface area contributed by atoms with E-state index in [1.807, 2.05) is 103 Å². The minimum Gasteiger partial charge on any atom is -0.436 e. The highest BCUT2D eigenvalue weighted by molar-refractivity contribution is 5.82. The van der Waals surface area contributed by atoms with Crippen molar-refractivity contribution in [2.45, 2.75) is 0 Å². The topological polar surface area (TPSA) is 81.1 Å². The van der Waals surface area contributed by atoms with Crippen LogP contribution in [0.15, 0.2) is 161 Å². The predicted molar refractivity (Wildman–Crippen MR) is 186 cm³/mol. The Balaban J connectivity index is 1.09. The molecule has 0 radical (unpaired) electrons. The summed E-state index contributed by atoms with van der Waals surface area (Å²) in [7, 11) is 0. The summed E-state index contributed by atoms with van der Waals surface area (Å²) in [5.41, 5.74) is 11.5. The average molecular weight is 608 g/mol. The van der Waals surface area contributed by atoms with Gasteiger partial charge in [-0.05, 0) is 97.1 Å². The van der Waals surface area contributed by atoms with Crippen LogP contribution in [0.5, 0.6) is 0 Å². The fourth-order valence-corrected chi connectivity index (χ4v) is 5.82. The lowest BCUT2D eigenvalue weighted by molar-refractivity contribution is 0.619. The zero-order chi connectivity index (χ0) is 31.2. The Morgan fingerprint density at radius 2 is 0.809 bits per heavy atom. The van der Waals surface area contributed by atoms with Crippen LogP contribution < -0.4 is 4.90 Å². The Morgan fingerprint density at radius 3 is 1.30 bits per heavy atom. The molecule has 0 saturated carbocycles. The summed E-state index contributed by atoms with van der Waals surface area (Å²) in [6, 6.07) is 48.4. The maximum atomic E-state index is 6.03. The monoisotopic (exact) mass is 607 g/mol. The van der Waals surface area contributed by atoms with Gasteiger partial charge in [0.15, 0.2) is 11.2 Å². The first-order valence-corrected chi connectivity index (χ1v) is 15.3. The molecular formula is C40H25N5O2. The van der Waals surface area contributed by atoms with Crippen LogP contribution in [0.4, 0.5) is 17.1 Å². The summed E-state index contributed by atoms with van der Waals surface area (Å²) >= 11 is 0. The molecule has 0 aliphatic carbocycles. The Labute approximate surface area is 269 Å². The third-order valence-corrected chi connectivity index (χ3v) is 8.20. The van der Waals surface area contributed by atoms with Gasteiger partial charge >= 0.3 is 0 Å². The molecule has 0 unspecified atom stereocenters. The van der Waals surface area contributed by atoms with Crippen molar-refractivity contribution in [3.63, 3.8) is 0 Å². The molecular weight excluding hydrogens is 582 g/mol. The maximum Gasteiger partial charge on any atom is 0.227 e. The Kier molecular flexibility index (Phi) is 6.31. The molecule has 7 heteroatoms. The van der Waals surface area contributed by atoms with Crippen molar-refractivity contribution < 1.29 is 8.83 Å². The fraction of sp³-hybridized carbons (Fsp3) is 0. The fourth-order valence-electron chi connectivity index (χ4n) is 5.82. The number of anilines is 3. The van der Waals surface area contributed by atoms with Crippen LogP contribution in [0.25, 0.3) is 67.4 Å². The second-order valence-corrected chi connectivity index (χ2v) is 11.2. The van der Waals surface area contributed by atoms with E-state index in [2.05, 4.69) is 68.4 Å². The van der Waals surface area contributed by atoms with Crippen molar-refractivity contribution in [3.05, 3.63) is 152 Å². The molecule has 0 aliphatic rings. The lowest BCUT2D eigenvalue weighted by Crippen LogP contribution is -2.09. The van der Waals surface area contributed by atoms with Gasteiger partial charge in [0, 0.05) is 33.8 Å². The second kappa shape index (κ2) is 11.1. The normalized spacial score (nSPS) is 11.4. The van der Waals surface area contributed by atoms with Crippen molar-refractivity contribution >= 4 is 50.3 Å². The van der Waals surface area contributed by atoms with Gasteiger partial charge in [-0.1, -0.05) is 48.5 Å². The zero-order valence-corrected chi connectivity index (χ0v) is 25.0.